The number of methoxy groups -OCH3 is 1. The predicted octanol–water partition coefficient (Wildman–Crippen LogP) is 2.72. The van der Waals surface area contributed by atoms with Gasteiger partial charge in [-0.05, 0) is 24.6 Å². The fraction of sp³-hybridized carbons (Fsp3) is 0.467. The lowest BCUT2D eigenvalue weighted by molar-refractivity contribution is -0.137. The fourth-order valence-corrected chi connectivity index (χ4v) is 3.88. The molecule has 2 rings (SSSR count). The molecule has 0 spiro atoms. The molecule has 1 heterocycles. The van der Waals surface area contributed by atoms with Gasteiger partial charge in [-0.1, -0.05) is 29.3 Å². The number of carbonyl (C=O) groups is 2. The van der Waals surface area contributed by atoms with Crippen molar-refractivity contribution in [3.05, 3.63) is 33.8 Å². The molecule has 0 bridgehead atoms. The minimum atomic E-state index is -0.575. The van der Waals surface area contributed by atoms with Crippen molar-refractivity contribution in [3.8, 4) is 0 Å². The molecule has 1 aliphatic rings. The Hall–Kier alpha value is -0.950. The van der Waals surface area contributed by atoms with E-state index in [2.05, 4.69) is 5.32 Å². The zero-order valence-corrected chi connectivity index (χ0v) is 15.2. The van der Waals surface area contributed by atoms with Gasteiger partial charge in [-0.15, -0.1) is 11.8 Å². The van der Waals surface area contributed by atoms with Gasteiger partial charge >= 0.3 is 0 Å². The molecule has 0 unspecified atom stereocenters. The summed E-state index contributed by atoms with van der Waals surface area (Å²) >= 11 is 13.5. The van der Waals surface area contributed by atoms with Gasteiger partial charge in [-0.2, -0.15) is 0 Å². The van der Waals surface area contributed by atoms with Crippen molar-refractivity contribution in [1.82, 2.24) is 10.2 Å². The highest BCUT2D eigenvalue weighted by atomic mass is 35.5. The summed E-state index contributed by atoms with van der Waals surface area (Å²) in [4.78, 5) is 26.0. The van der Waals surface area contributed by atoms with Crippen LogP contribution in [0.15, 0.2) is 18.2 Å². The van der Waals surface area contributed by atoms with Crippen LogP contribution >= 0.6 is 35.0 Å². The van der Waals surface area contributed by atoms with E-state index >= 15 is 0 Å². The van der Waals surface area contributed by atoms with Crippen molar-refractivity contribution >= 4 is 46.8 Å². The van der Waals surface area contributed by atoms with E-state index in [1.807, 2.05) is 6.07 Å². The molecule has 23 heavy (non-hydrogen) atoms. The van der Waals surface area contributed by atoms with Crippen LogP contribution in [0.5, 0.6) is 0 Å². The summed E-state index contributed by atoms with van der Waals surface area (Å²) in [6.45, 7) is 2.56. The van der Waals surface area contributed by atoms with Crippen LogP contribution in [0, 0.1) is 0 Å². The third-order valence-corrected chi connectivity index (χ3v) is 5.50. The first-order valence-corrected chi connectivity index (χ1v) is 8.90. The average molecular weight is 377 g/mol. The second-order valence-corrected chi connectivity index (χ2v) is 6.98. The van der Waals surface area contributed by atoms with Crippen LogP contribution < -0.4 is 5.32 Å². The van der Waals surface area contributed by atoms with Gasteiger partial charge in [0.2, 0.25) is 11.8 Å². The molecule has 0 aromatic heterocycles. The molecule has 1 fully saturated rings. The Bertz CT molecular complexity index is 600. The van der Waals surface area contributed by atoms with Crippen LogP contribution in [0.4, 0.5) is 0 Å². The number of halogens is 2. The molecule has 1 N–H and O–H groups in total. The highest BCUT2D eigenvalue weighted by Crippen LogP contribution is 2.41. The zero-order valence-electron chi connectivity index (χ0n) is 12.8. The van der Waals surface area contributed by atoms with E-state index in [1.165, 1.54) is 11.8 Å². The molecule has 1 saturated heterocycles. The van der Waals surface area contributed by atoms with Crippen molar-refractivity contribution in [2.24, 2.45) is 0 Å². The van der Waals surface area contributed by atoms with Crippen molar-refractivity contribution in [1.29, 1.82) is 0 Å². The molecule has 0 aliphatic carbocycles. The number of hydrogen-bond acceptors (Lipinski definition) is 4. The number of ether oxygens (including phenoxy) is 1. The van der Waals surface area contributed by atoms with Gasteiger partial charge in [0.25, 0.3) is 0 Å². The molecule has 5 nitrogen and oxygen atoms in total. The third kappa shape index (κ3) is 4.32. The van der Waals surface area contributed by atoms with E-state index in [1.54, 1.807) is 31.1 Å². The van der Waals surface area contributed by atoms with E-state index in [0.29, 0.717) is 28.9 Å². The van der Waals surface area contributed by atoms with Gasteiger partial charge in [-0.3, -0.25) is 9.59 Å². The quantitative estimate of drug-likeness (QED) is 0.775. The first kappa shape index (κ1) is 18.4. The molecule has 1 aliphatic heterocycles. The van der Waals surface area contributed by atoms with E-state index in [0.717, 1.165) is 5.56 Å². The maximum Gasteiger partial charge on any atom is 0.242 e. The Kier molecular flexibility index (Phi) is 6.59. The summed E-state index contributed by atoms with van der Waals surface area (Å²) in [5, 5.41) is 3.40. The standard InChI is InChI=1S/C15H18Cl2N2O3S/c1-9(14(21)18-5-6-22-2)19-13(20)8-23-15(19)10-3-4-11(16)12(17)7-10/h3-4,7,9,15H,5-6,8H2,1-2H3,(H,18,21)/t9-,15+/m1/s1. The molecule has 1 aromatic rings. The first-order valence-electron chi connectivity index (χ1n) is 7.10. The number of hydrogen-bond donors (Lipinski definition) is 1. The fourth-order valence-electron chi connectivity index (χ4n) is 2.33. The van der Waals surface area contributed by atoms with E-state index in [4.69, 9.17) is 27.9 Å². The maximum atomic E-state index is 12.2. The summed E-state index contributed by atoms with van der Waals surface area (Å²) in [5.41, 5.74) is 0.854. The summed E-state index contributed by atoms with van der Waals surface area (Å²) in [5.74, 6) is 0.0593. The second-order valence-electron chi connectivity index (χ2n) is 5.10. The lowest BCUT2D eigenvalue weighted by Gasteiger charge is -2.29. The lowest BCUT2D eigenvalue weighted by Crippen LogP contribution is -2.47. The number of nitrogens with zero attached hydrogens (tertiary/aromatic N) is 1. The van der Waals surface area contributed by atoms with Crippen molar-refractivity contribution in [3.63, 3.8) is 0 Å². The number of rotatable bonds is 6. The van der Waals surface area contributed by atoms with Gasteiger partial charge in [0.1, 0.15) is 11.4 Å². The minimum absolute atomic E-state index is 0.0690. The molecule has 2 atom stereocenters. The topological polar surface area (TPSA) is 58.6 Å². The summed E-state index contributed by atoms with van der Waals surface area (Å²) < 4.78 is 4.91. The van der Waals surface area contributed by atoms with Crippen LogP contribution in [0.2, 0.25) is 10.0 Å². The first-order chi connectivity index (χ1) is 11.0. The molecular weight excluding hydrogens is 359 g/mol. The molecule has 0 saturated carbocycles. The van der Waals surface area contributed by atoms with E-state index in [-0.39, 0.29) is 17.2 Å². The van der Waals surface area contributed by atoms with E-state index < -0.39 is 6.04 Å². The summed E-state index contributed by atoms with van der Waals surface area (Å²) in [6, 6.07) is 4.69. The second kappa shape index (κ2) is 8.24. The highest BCUT2D eigenvalue weighted by molar-refractivity contribution is 8.00. The van der Waals surface area contributed by atoms with Crippen molar-refractivity contribution < 1.29 is 14.3 Å². The van der Waals surface area contributed by atoms with Crippen LogP contribution in [0.25, 0.3) is 0 Å². The minimum Gasteiger partial charge on any atom is -0.383 e. The van der Waals surface area contributed by atoms with Crippen molar-refractivity contribution in [2.75, 3.05) is 26.0 Å². The Morgan fingerprint density at radius 3 is 2.87 bits per heavy atom. The maximum absolute atomic E-state index is 12.2. The zero-order chi connectivity index (χ0) is 17.0. The third-order valence-electron chi connectivity index (χ3n) is 3.54. The van der Waals surface area contributed by atoms with Gasteiger partial charge in [0.05, 0.1) is 22.4 Å². The smallest absolute Gasteiger partial charge is 0.242 e. The SMILES string of the molecule is COCCNC(=O)[C@@H](C)N1C(=O)CS[C@H]1c1ccc(Cl)c(Cl)c1. The number of carbonyl (C=O) groups excluding carboxylic acids is 2. The Morgan fingerprint density at radius 2 is 2.22 bits per heavy atom. The normalized spacial score (nSPS) is 19.0. The van der Waals surface area contributed by atoms with Crippen molar-refractivity contribution in [2.45, 2.75) is 18.3 Å². The Labute approximate surface area is 149 Å². The van der Waals surface area contributed by atoms with Crippen LogP contribution in [0.3, 0.4) is 0 Å². The van der Waals surface area contributed by atoms with Crippen LogP contribution in [-0.2, 0) is 14.3 Å². The number of benzene rings is 1. The molecule has 0 radical (unpaired) electrons. The Balaban J connectivity index is 2.15. The van der Waals surface area contributed by atoms with Crippen LogP contribution in [-0.4, -0.2) is 48.8 Å². The molecule has 2 amide bonds. The summed E-state index contributed by atoms with van der Waals surface area (Å²) in [7, 11) is 1.57. The largest absolute Gasteiger partial charge is 0.383 e. The monoisotopic (exact) mass is 376 g/mol. The van der Waals surface area contributed by atoms with Gasteiger partial charge in [0, 0.05) is 13.7 Å². The van der Waals surface area contributed by atoms with Gasteiger partial charge in [0.15, 0.2) is 0 Å². The molecular formula is C15H18Cl2N2O3S. The number of amides is 2. The lowest BCUT2D eigenvalue weighted by atomic mass is 10.1. The highest BCUT2D eigenvalue weighted by Gasteiger charge is 2.38. The number of nitrogens with one attached hydrogen (secondary N) is 1. The molecule has 1 aromatic carbocycles. The molecule has 126 valence electrons. The average Bonchev–Trinajstić information content (AvgIpc) is 2.91. The van der Waals surface area contributed by atoms with Crippen LogP contribution in [0.1, 0.15) is 17.9 Å². The van der Waals surface area contributed by atoms with E-state index in [9.17, 15) is 9.59 Å². The van der Waals surface area contributed by atoms with Gasteiger partial charge in [-0.25, -0.2) is 0 Å². The Morgan fingerprint density at radius 1 is 1.48 bits per heavy atom. The summed E-state index contributed by atoms with van der Waals surface area (Å²) in [6.07, 6.45) is 0. The molecule has 8 heteroatoms. The van der Waals surface area contributed by atoms with Gasteiger partial charge < -0.3 is 15.0 Å². The predicted molar refractivity (Wildman–Crippen MR) is 92.9 cm³/mol. The number of thioether (sulfide) groups is 1.